The standard InChI is InChI=1S/C12H16N2O3/c13-11-8-10(14(15)16)4-5-12(11)17-7-6-9-2-1-3-9/h4-5,8-9H,1-3,6-7,13H2. The van der Waals surface area contributed by atoms with Crippen LogP contribution in [0.2, 0.25) is 0 Å². The third-order valence-corrected chi connectivity index (χ3v) is 3.21. The van der Waals surface area contributed by atoms with Crippen LogP contribution in [0.3, 0.4) is 0 Å². The number of hydrogen-bond acceptors (Lipinski definition) is 4. The predicted octanol–water partition coefficient (Wildman–Crippen LogP) is 2.75. The first-order valence-corrected chi connectivity index (χ1v) is 5.83. The van der Waals surface area contributed by atoms with E-state index in [1.807, 2.05) is 0 Å². The molecule has 0 aromatic heterocycles. The molecule has 17 heavy (non-hydrogen) atoms. The molecule has 0 heterocycles. The van der Waals surface area contributed by atoms with Gasteiger partial charge in [0.05, 0.1) is 17.2 Å². The molecular weight excluding hydrogens is 220 g/mol. The molecule has 0 atom stereocenters. The molecule has 2 N–H and O–H groups in total. The van der Waals surface area contributed by atoms with E-state index in [0.717, 1.165) is 12.3 Å². The summed E-state index contributed by atoms with van der Waals surface area (Å²) in [5.41, 5.74) is 6.01. The molecule has 0 aliphatic heterocycles. The number of rotatable bonds is 5. The molecule has 2 rings (SSSR count). The van der Waals surface area contributed by atoms with E-state index >= 15 is 0 Å². The minimum atomic E-state index is -0.464. The van der Waals surface area contributed by atoms with E-state index < -0.39 is 4.92 Å². The zero-order chi connectivity index (χ0) is 12.3. The minimum absolute atomic E-state index is 0.00570. The Hall–Kier alpha value is -1.78. The van der Waals surface area contributed by atoms with Crippen LogP contribution in [0, 0.1) is 16.0 Å². The number of nitrogens with two attached hydrogens (primary N) is 1. The molecule has 1 fully saturated rings. The molecular formula is C12H16N2O3. The van der Waals surface area contributed by atoms with Crippen LogP contribution in [-0.2, 0) is 0 Å². The second-order valence-electron chi connectivity index (χ2n) is 4.41. The monoisotopic (exact) mass is 236 g/mol. The predicted molar refractivity (Wildman–Crippen MR) is 65.0 cm³/mol. The Morgan fingerprint density at radius 1 is 1.47 bits per heavy atom. The molecule has 5 heteroatoms. The second kappa shape index (κ2) is 5.03. The summed E-state index contributed by atoms with van der Waals surface area (Å²) in [6.45, 7) is 0.632. The van der Waals surface area contributed by atoms with Crippen molar-refractivity contribution in [3.63, 3.8) is 0 Å². The van der Waals surface area contributed by atoms with Gasteiger partial charge in [-0.05, 0) is 18.4 Å². The number of nitro benzene ring substituents is 1. The quantitative estimate of drug-likeness (QED) is 0.484. The van der Waals surface area contributed by atoms with Gasteiger partial charge in [0, 0.05) is 12.1 Å². The normalized spacial score (nSPS) is 15.3. The Kier molecular flexibility index (Phi) is 3.46. The summed E-state index contributed by atoms with van der Waals surface area (Å²) in [5, 5.41) is 10.5. The molecule has 5 nitrogen and oxygen atoms in total. The van der Waals surface area contributed by atoms with Crippen molar-refractivity contribution in [1.82, 2.24) is 0 Å². The molecule has 0 unspecified atom stereocenters. The molecule has 92 valence electrons. The van der Waals surface area contributed by atoms with Crippen molar-refractivity contribution in [1.29, 1.82) is 0 Å². The lowest BCUT2D eigenvalue weighted by Crippen LogP contribution is -2.14. The molecule has 1 aliphatic carbocycles. The molecule has 0 saturated heterocycles. The number of nitro groups is 1. The summed E-state index contributed by atoms with van der Waals surface area (Å²) in [5.74, 6) is 1.32. The number of anilines is 1. The van der Waals surface area contributed by atoms with Gasteiger partial charge in [0.1, 0.15) is 5.75 Å². The van der Waals surface area contributed by atoms with Crippen LogP contribution in [0.15, 0.2) is 18.2 Å². The Bertz CT molecular complexity index is 416. The van der Waals surface area contributed by atoms with Gasteiger partial charge in [-0.15, -0.1) is 0 Å². The zero-order valence-electron chi connectivity index (χ0n) is 9.59. The average molecular weight is 236 g/mol. The van der Waals surface area contributed by atoms with Gasteiger partial charge in [-0.2, -0.15) is 0 Å². The van der Waals surface area contributed by atoms with Crippen LogP contribution in [0.1, 0.15) is 25.7 Å². The van der Waals surface area contributed by atoms with Crippen molar-refractivity contribution in [2.24, 2.45) is 5.92 Å². The number of ether oxygens (including phenoxy) is 1. The third kappa shape index (κ3) is 2.87. The van der Waals surface area contributed by atoms with E-state index in [1.165, 1.54) is 31.4 Å². The van der Waals surface area contributed by atoms with E-state index in [9.17, 15) is 10.1 Å². The fourth-order valence-corrected chi connectivity index (χ4v) is 1.90. The van der Waals surface area contributed by atoms with Crippen LogP contribution in [0.25, 0.3) is 0 Å². The summed E-state index contributed by atoms with van der Waals surface area (Å²) in [7, 11) is 0. The Balaban J connectivity index is 1.89. The van der Waals surface area contributed by atoms with Crippen molar-refractivity contribution in [2.45, 2.75) is 25.7 Å². The molecule has 0 spiro atoms. The molecule has 1 aromatic rings. The van der Waals surface area contributed by atoms with Gasteiger partial charge in [0.25, 0.3) is 5.69 Å². The van der Waals surface area contributed by atoms with Gasteiger partial charge in [0.2, 0.25) is 0 Å². The van der Waals surface area contributed by atoms with Gasteiger partial charge in [-0.25, -0.2) is 0 Å². The maximum atomic E-state index is 10.5. The van der Waals surface area contributed by atoms with Gasteiger partial charge < -0.3 is 10.5 Å². The summed E-state index contributed by atoms with van der Waals surface area (Å²) in [6, 6.07) is 4.31. The number of nitrogen functional groups attached to an aromatic ring is 1. The number of hydrogen-bond donors (Lipinski definition) is 1. The van der Waals surface area contributed by atoms with Gasteiger partial charge in [-0.1, -0.05) is 19.3 Å². The molecule has 1 aromatic carbocycles. The lowest BCUT2D eigenvalue weighted by molar-refractivity contribution is -0.384. The first kappa shape index (κ1) is 11.7. The molecule has 1 aliphatic rings. The summed E-state index contributed by atoms with van der Waals surface area (Å²) < 4.78 is 5.53. The number of nitrogens with zero attached hydrogens (tertiary/aromatic N) is 1. The van der Waals surface area contributed by atoms with Crippen LogP contribution < -0.4 is 10.5 Å². The maximum Gasteiger partial charge on any atom is 0.271 e. The second-order valence-corrected chi connectivity index (χ2v) is 4.41. The van der Waals surface area contributed by atoms with Crippen LogP contribution in [-0.4, -0.2) is 11.5 Å². The Morgan fingerprint density at radius 2 is 2.24 bits per heavy atom. The summed E-state index contributed by atoms with van der Waals surface area (Å²) >= 11 is 0. The smallest absolute Gasteiger partial charge is 0.271 e. The summed E-state index contributed by atoms with van der Waals surface area (Å²) in [6.07, 6.45) is 4.94. The van der Waals surface area contributed by atoms with E-state index in [4.69, 9.17) is 10.5 Å². The average Bonchev–Trinajstić information content (AvgIpc) is 2.23. The van der Waals surface area contributed by atoms with Crippen LogP contribution in [0.5, 0.6) is 5.75 Å². The van der Waals surface area contributed by atoms with E-state index in [-0.39, 0.29) is 5.69 Å². The molecule has 0 radical (unpaired) electrons. The van der Waals surface area contributed by atoms with Gasteiger partial charge >= 0.3 is 0 Å². The van der Waals surface area contributed by atoms with E-state index in [2.05, 4.69) is 0 Å². The molecule has 0 bridgehead atoms. The maximum absolute atomic E-state index is 10.5. The minimum Gasteiger partial charge on any atom is -0.491 e. The van der Waals surface area contributed by atoms with Crippen molar-refractivity contribution in [3.8, 4) is 5.75 Å². The fourth-order valence-electron chi connectivity index (χ4n) is 1.90. The zero-order valence-corrected chi connectivity index (χ0v) is 9.59. The molecule has 0 amide bonds. The first-order chi connectivity index (χ1) is 8.16. The van der Waals surface area contributed by atoms with Crippen LogP contribution in [0.4, 0.5) is 11.4 Å². The van der Waals surface area contributed by atoms with Crippen molar-refractivity contribution < 1.29 is 9.66 Å². The van der Waals surface area contributed by atoms with Crippen molar-refractivity contribution in [2.75, 3.05) is 12.3 Å². The number of non-ortho nitro benzene ring substituents is 1. The lowest BCUT2D eigenvalue weighted by atomic mass is 9.83. The highest BCUT2D eigenvalue weighted by Crippen LogP contribution is 2.30. The largest absolute Gasteiger partial charge is 0.491 e. The highest BCUT2D eigenvalue weighted by molar-refractivity contribution is 5.58. The van der Waals surface area contributed by atoms with Gasteiger partial charge in [-0.3, -0.25) is 10.1 Å². The topological polar surface area (TPSA) is 78.4 Å². The number of benzene rings is 1. The third-order valence-electron chi connectivity index (χ3n) is 3.21. The summed E-state index contributed by atoms with van der Waals surface area (Å²) in [4.78, 5) is 10.1. The highest BCUT2D eigenvalue weighted by atomic mass is 16.6. The van der Waals surface area contributed by atoms with Crippen molar-refractivity contribution >= 4 is 11.4 Å². The highest BCUT2D eigenvalue weighted by Gasteiger charge is 2.17. The van der Waals surface area contributed by atoms with Crippen molar-refractivity contribution in [3.05, 3.63) is 28.3 Å². The molecule has 1 saturated carbocycles. The van der Waals surface area contributed by atoms with E-state index in [0.29, 0.717) is 18.0 Å². The van der Waals surface area contributed by atoms with Gasteiger partial charge in [0.15, 0.2) is 0 Å². The Morgan fingerprint density at radius 3 is 2.76 bits per heavy atom. The van der Waals surface area contributed by atoms with E-state index in [1.54, 1.807) is 6.07 Å². The van der Waals surface area contributed by atoms with Crippen LogP contribution >= 0.6 is 0 Å². The lowest BCUT2D eigenvalue weighted by Gasteiger charge is -2.25. The Labute approximate surface area is 99.7 Å². The SMILES string of the molecule is Nc1cc([N+](=O)[O-])ccc1OCCC1CCC1. The fraction of sp³-hybridized carbons (Fsp3) is 0.500. The first-order valence-electron chi connectivity index (χ1n) is 5.83.